The first kappa shape index (κ1) is 17.9. The molecule has 0 radical (unpaired) electrons. The molecular formula is C23H27N3O2. The molecule has 3 aliphatic rings. The van der Waals surface area contributed by atoms with Gasteiger partial charge in [-0.3, -0.25) is 14.6 Å². The van der Waals surface area contributed by atoms with Crippen molar-refractivity contribution >= 4 is 5.91 Å². The number of hydrogen-bond donors (Lipinski definition) is 1. The van der Waals surface area contributed by atoms with Crippen molar-refractivity contribution in [3.05, 3.63) is 71.8 Å². The van der Waals surface area contributed by atoms with Crippen LogP contribution in [0.5, 0.6) is 0 Å². The standard InChI is InChI=1S/C23H27N3O2/c27-21-11-20-13-25(22(28)19-9-5-2-6-10-19)17-23(26(20)14-21)15-24(16-23)12-18-7-3-1-4-8-18/h1-10,20-21,27H,11-17H2/t20-,21+/m0/s1. The van der Waals surface area contributed by atoms with Gasteiger partial charge in [-0.25, -0.2) is 0 Å². The van der Waals surface area contributed by atoms with Gasteiger partial charge in [0.25, 0.3) is 5.91 Å². The molecule has 0 aromatic heterocycles. The first-order valence-corrected chi connectivity index (χ1v) is 10.2. The molecule has 2 aromatic rings. The largest absolute Gasteiger partial charge is 0.392 e. The molecule has 0 aliphatic carbocycles. The van der Waals surface area contributed by atoms with Crippen LogP contribution in [-0.2, 0) is 6.54 Å². The molecule has 3 aliphatic heterocycles. The smallest absolute Gasteiger partial charge is 0.253 e. The Morgan fingerprint density at radius 3 is 2.36 bits per heavy atom. The van der Waals surface area contributed by atoms with Crippen molar-refractivity contribution in [1.82, 2.24) is 14.7 Å². The van der Waals surface area contributed by atoms with Crippen LogP contribution in [0, 0.1) is 0 Å². The number of benzene rings is 2. The highest BCUT2D eigenvalue weighted by atomic mass is 16.3. The molecule has 2 atom stereocenters. The second kappa shape index (κ2) is 6.99. The maximum absolute atomic E-state index is 13.1. The van der Waals surface area contributed by atoms with Gasteiger partial charge in [-0.2, -0.15) is 0 Å². The number of aliphatic hydroxyl groups excluding tert-OH is 1. The van der Waals surface area contributed by atoms with Crippen molar-refractivity contribution < 1.29 is 9.90 Å². The molecule has 5 heteroatoms. The molecule has 5 rings (SSSR count). The Morgan fingerprint density at radius 1 is 0.964 bits per heavy atom. The van der Waals surface area contributed by atoms with Crippen LogP contribution in [0.1, 0.15) is 22.3 Å². The summed E-state index contributed by atoms with van der Waals surface area (Å²) in [7, 11) is 0. The van der Waals surface area contributed by atoms with Gasteiger partial charge in [-0.05, 0) is 24.1 Å². The SMILES string of the molecule is O=C(c1ccccc1)N1C[C@@H]2C[C@@H](O)CN2C2(CN(Cc3ccccc3)C2)C1. The van der Waals surface area contributed by atoms with Crippen LogP contribution in [0.2, 0.25) is 0 Å². The Balaban J connectivity index is 1.34. The van der Waals surface area contributed by atoms with Crippen molar-refractivity contribution in [3.63, 3.8) is 0 Å². The number of amides is 1. The number of carbonyl (C=O) groups excluding carboxylic acids is 1. The van der Waals surface area contributed by atoms with Crippen LogP contribution >= 0.6 is 0 Å². The van der Waals surface area contributed by atoms with E-state index in [1.54, 1.807) is 0 Å². The lowest BCUT2D eigenvalue weighted by molar-refractivity contribution is -0.108. The third kappa shape index (κ3) is 3.13. The van der Waals surface area contributed by atoms with Crippen LogP contribution in [0.3, 0.4) is 0 Å². The summed E-state index contributed by atoms with van der Waals surface area (Å²) in [6.45, 7) is 5.03. The van der Waals surface area contributed by atoms with Crippen LogP contribution in [0.25, 0.3) is 0 Å². The zero-order valence-corrected chi connectivity index (χ0v) is 16.1. The number of aliphatic hydroxyl groups is 1. The summed E-state index contributed by atoms with van der Waals surface area (Å²) in [5.74, 6) is 0.113. The van der Waals surface area contributed by atoms with Gasteiger partial charge < -0.3 is 10.0 Å². The van der Waals surface area contributed by atoms with Gasteiger partial charge in [-0.1, -0.05) is 48.5 Å². The normalized spacial score (nSPS) is 26.8. The molecule has 2 aromatic carbocycles. The number of nitrogens with zero attached hydrogens (tertiary/aromatic N) is 3. The predicted molar refractivity (Wildman–Crippen MR) is 108 cm³/mol. The fraction of sp³-hybridized carbons (Fsp3) is 0.435. The number of piperazine rings is 1. The minimum Gasteiger partial charge on any atom is -0.392 e. The Bertz CT molecular complexity index is 835. The number of β-amino-alcohol motifs (C(OH)–C–C–N with tert-alkyl or cyclic N) is 1. The monoisotopic (exact) mass is 377 g/mol. The number of fused-ring (bicyclic) bond motifs is 2. The maximum atomic E-state index is 13.1. The Kier molecular flexibility index (Phi) is 4.46. The van der Waals surface area contributed by atoms with Gasteiger partial charge in [-0.15, -0.1) is 0 Å². The van der Waals surface area contributed by atoms with E-state index in [-0.39, 0.29) is 23.6 Å². The molecule has 3 heterocycles. The van der Waals surface area contributed by atoms with Crippen molar-refractivity contribution in [1.29, 1.82) is 0 Å². The zero-order chi connectivity index (χ0) is 19.1. The topological polar surface area (TPSA) is 47.0 Å². The fourth-order valence-corrected chi connectivity index (χ4v) is 5.35. The van der Waals surface area contributed by atoms with Gasteiger partial charge in [0.1, 0.15) is 0 Å². The van der Waals surface area contributed by atoms with E-state index in [9.17, 15) is 9.90 Å². The van der Waals surface area contributed by atoms with E-state index in [0.717, 1.165) is 44.7 Å². The highest BCUT2D eigenvalue weighted by molar-refractivity contribution is 5.94. The lowest BCUT2D eigenvalue weighted by atomic mass is 9.83. The lowest BCUT2D eigenvalue weighted by Gasteiger charge is -2.61. The zero-order valence-electron chi connectivity index (χ0n) is 16.1. The van der Waals surface area contributed by atoms with E-state index in [1.165, 1.54) is 5.56 Å². The minimum absolute atomic E-state index is 0.0282. The van der Waals surface area contributed by atoms with E-state index in [1.807, 2.05) is 41.3 Å². The molecule has 3 fully saturated rings. The summed E-state index contributed by atoms with van der Waals surface area (Å²) >= 11 is 0. The summed E-state index contributed by atoms with van der Waals surface area (Å²) in [6.07, 6.45) is 0.482. The van der Waals surface area contributed by atoms with Crippen molar-refractivity contribution in [2.24, 2.45) is 0 Å². The Labute approximate surface area is 166 Å². The molecule has 1 amide bonds. The second-order valence-electron chi connectivity index (χ2n) is 8.60. The highest BCUT2D eigenvalue weighted by Crippen LogP contribution is 2.39. The first-order chi connectivity index (χ1) is 13.6. The van der Waals surface area contributed by atoms with E-state index >= 15 is 0 Å². The molecular weight excluding hydrogens is 350 g/mol. The van der Waals surface area contributed by atoms with Crippen molar-refractivity contribution in [2.75, 3.05) is 32.7 Å². The molecule has 0 bridgehead atoms. The third-order valence-corrected chi connectivity index (χ3v) is 6.51. The summed E-state index contributed by atoms with van der Waals surface area (Å²) in [5, 5.41) is 10.3. The quantitative estimate of drug-likeness (QED) is 0.887. The average molecular weight is 377 g/mol. The molecule has 1 spiro atoms. The van der Waals surface area contributed by atoms with Crippen molar-refractivity contribution in [2.45, 2.75) is 30.7 Å². The number of hydrogen-bond acceptors (Lipinski definition) is 4. The molecule has 5 nitrogen and oxygen atoms in total. The van der Waals surface area contributed by atoms with E-state index in [4.69, 9.17) is 0 Å². The average Bonchev–Trinajstić information content (AvgIpc) is 3.08. The van der Waals surface area contributed by atoms with Gasteiger partial charge in [0, 0.05) is 50.9 Å². The van der Waals surface area contributed by atoms with Crippen LogP contribution in [0.4, 0.5) is 0 Å². The highest BCUT2D eigenvalue weighted by Gasteiger charge is 2.56. The molecule has 3 saturated heterocycles. The Hall–Kier alpha value is -2.21. The minimum atomic E-state index is -0.281. The van der Waals surface area contributed by atoms with E-state index in [0.29, 0.717) is 6.54 Å². The van der Waals surface area contributed by atoms with Crippen LogP contribution in [0.15, 0.2) is 60.7 Å². The lowest BCUT2D eigenvalue weighted by Crippen LogP contribution is -2.78. The molecule has 1 N–H and O–H groups in total. The second-order valence-corrected chi connectivity index (χ2v) is 8.60. The molecule has 0 unspecified atom stereocenters. The first-order valence-electron chi connectivity index (χ1n) is 10.2. The predicted octanol–water partition coefficient (Wildman–Crippen LogP) is 1.83. The molecule has 0 saturated carbocycles. The third-order valence-electron chi connectivity index (χ3n) is 6.51. The van der Waals surface area contributed by atoms with E-state index < -0.39 is 0 Å². The molecule has 28 heavy (non-hydrogen) atoms. The van der Waals surface area contributed by atoms with Crippen LogP contribution < -0.4 is 0 Å². The summed E-state index contributed by atoms with van der Waals surface area (Å²) in [5.41, 5.74) is 2.05. The summed E-state index contributed by atoms with van der Waals surface area (Å²) in [4.78, 5) is 20.1. The number of likely N-dealkylation sites (tertiary alicyclic amines) is 1. The summed E-state index contributed by atoms with van der Waals surface area (Å²) < 4.78 is 0. The van der Waals surface area contributed by atoms with Gasteiger partial charge in [0.05, 0.1) is 11.6 Å². The number of carbonyl (C=O) groups is 1. The van der Waals surface area contributed by atoms with Crippen LogP contribution in [-0.4, -0.2) is 76.1 Å². The fourth-order valence-electron chi connectivity index (χ4n) is 5.35. The van der Waals surface area contributed by atoms with Gasteiger partial charge in [0.2, 0.25) is 0 Å². The van der Waals surface area contributed by atoms with Crippen molar-refractivity contribution in [3.8, 4) is 0 Å². The Morgan fingerprint density at radius 2 is 1.64 bits per heavy atom. The van der Waals surface area contributed by atoms with Gasteiger partial charge >= 0.3 is 0 Å². The van der Waals surface area contributed by atoms with Gasteiger partial charge in [0.15, 0.2) is 0 Å². The number of rotatable bonds is 3. The maximum Gasteiger partial charge on any atom is 0.253 e. The van der Waals surface area contributed by atoms with E-state index in [2.05, 4.69) is 34.1 Å². The summed E-state index contributed by atoms with van der Waals surface area (Å²) in [6, 6.07) is 20.4. The molecule has 146 valence electrons.